The lowest BCUT2D eigenvalue weighted by Gasteiger charge is -2.21. The third kappa shape index (κ3) is 5.03. The summed E-state index contributed by atoms with van der Waals surface area (Å²) >= 11 is 0. The van der Waals surface area contributed by atoms with E-state index in [1.807, 2.05) is 44.2 Å². The first kappa shape index (κ1) is 20.6. The van der Waals surface area contributed by atoms with Gasteiger partial charge in [0, 0.05) is 23.8 Å². The standard InChI is InChI=1S/C21H21F3N4O/c1-12(2)18(11-29)26-21-25-17(13-6-4-3-5-7-13)10-19(28-21)27-20-15(23)8-14(22)9-16(20)24/h3-10,12,18,29H,11H2,1-2H3,(H2,25,26,27,28)/t18-/m0/s1. The van der Waals surface area contributed by atoms with Gasteiger partial charge in [0.1, 0.15) is 17.3 Å². The number of aromatic nitrogens is 2. The van der Waals surface area contributed by atoms with E-state index in [2.05, 4.69) is 20.6 Å². The normalized spacial score (nSPS) is 12.1. The maximum Gasteiger partial charge on any atom is 0.225 e. The van der Waals surface area contributed by atoms with Crippen LogP contribution in [-0.4, -0.2) is 27.7 Å². The second-order valence-corrected chi connectivity index (χ2v) is 6.87. The summed E-state index contributed by atoms with van der Waals surface area (Å²) in [5.74, 6) is -2.77. The van der Waals surface area contributed by atoms with Gasteiger partial charge < -0.3 is 15.7 Å². The molecule has 0 bridgehead atoms. The van der Waals surface area contributed by atoms with Gasteiger partial charge in [-0.05, 0) is 5.92 Å². The number of hydrogen-bond acceptors (Lipinski definition) is 5. The van der Waals surface area contributed by atoms with Gasteiger partial charge in [0.25, 0.3) is 0 Å². The summed E-state index contributed by atoms with van der Waals surface area (Å²) in [6.07, 6.45) is 0. The van der Waals surface area contributed by atoms with Crippen molar-refractivity contribution in [1.82, 2.24) is 9.97 Å². The van der Waals surface area contributed by atoms with Crippen molar-refractivity contribution < 1.29 is 18.3 Å². The van der Waals surface area contributed by atoms with Crippen LogP contribution in [0.2, 0.25) is 0 Å². The van der Waals surface area contributed by atoms with E-state index >= 15 is 0 Å². The van der Waals surface area contributed by atoms with Crippen LogP contribution in [0.4, 0.5) is 30.6 Å². The van der Waals surface area contributed by atoms with Gasteiger partial charge in [-0.1, -0.05) is 44.2 Å². The summed E-state index contributed by atoms with van der Waals surface area (Å²) < 4.78 is 41.3. The molecule has 3 aromatic rings. The lowest BCUT2D eigenvalue weighted by Crippen LogP contribution is -2.30. The van der Waals surface area contributed by atoms with E-state index < -0.39 is 23.1 Å². The second-order valence-electron chi connectivity index (χ2n) is 6.87. The van der Waals surface area contributed by atoms with Crippen molar-refractivity contribution >= 4 is 17.5 Å². The number of aliphatic hydroxyl groups excluding tert-OH is 1. The zero-order valence-electron chi connectivity index (χ0n) is 16.0. The van der Waals surface area contributed by atoms with Crippen LogP contribution in [0.3, 0.4) is 0 Å². The molecule has 5 nitrogen and oxygen atoms in total. The Labute approximate surface area is 166 Å². The summed E-state index contributed by atoms with van der Waals surface area (Å²) in [5, 5.41) is 15.2. The van der Waals surface area contributed by atoms with Crippen LogP contribution in [0.25, 0.3) is 11.3 Å². The predicted molar refractivity (Wildman–Crippen MR) is 106 cm³/mol. The highest BCUT2D eigenvalue weighted by Gasteiger charge is 2.17. The molecule has 29 heavy (non-hydrogen) atoms. The van der Waals surface area contributed by atoms with E-state index in [9.17, 15) is 18.3 Å². The largest absolute Gasteiger partial charge is 0.394 e. The van der Waals surface area contributed by atoms with Gasteiger partial charge >= 0.3 is 0 Å². The molecule has 0 unspecified atom stereocenters. The van der Waals surface area contributed by atoms with E-state index in [1.165, 1.54) is 6.07 Å². The van der Waals surface area contributed by atoms with E-state index in [-0.39, 0.29) is 30.3 Å². The predicted octanol–water partition coefficient (Wildman–Crippen LogP) is 4.73. The highest BCUT2D eigenvalue weighted by Crippen LogP contribution is 2.27. The summed E-state index contributed by atoms with van der Waals surface area (Å²) in [7, 11) is 0. The Morgan fingerprint density at radius 3 is 2.21 bits per heavy atom. The number of nitrogens with zero attached hydrogens (tertiary/aromatic N) is 2. The number of rotatable bonds is 7. The summed E-state index contributed by atoms with van der Waals surface area (Å²) in [5.41, 5.74) is 0.762. The molecule has 0 saturated heterocycles. The Morgan fingerprint density at radius 2 is 1.62 bits per heavy atom. The zero-order valence-corrected chi connectivity index (χ0v) is 16.0. The molecule has 0 aliphatic carbocycles. The Balaban J connectivity index is 2.03. The Bertz CT molecular complexity index is 960. The Kier molecular flexibility index (Phi) is 6.33. The third-order valence-corrected chi connectivity index (χ3v) is 4.37. The molecule has 0 amide bonds. The summed E-state index contributed by atoms with van der Waals surface area (Å²) in [6, 6.07) is 11.6. The van der Waals surface area contributed by atoms with E-state index in [1.54, 1.807) is 0 Å². The second kappa shape index (κ2) is 8.91. The van der Waals surface area contributed by atoms with Gasteiger partial charge in [-0.3, -0.25) is 0 Å². The van der Waals surface area contributed by atoms with Crippen molar-refractivity contribution in [1.29, 1.82) is 0 Å². The Hall–Kier alpha value is -3.13. The van der Waals surface area contributed by atoms with Crippen molar-refractivity contribution in [2.24, 2.45) is 5.92 Å². The minimum absolute atomic E-state index is 0.0902. The van der Waals surface area contributed by atoms with Crippen LogP contribution in [-0.2, 0) is 0 Å². The quantitative estimate of drug-likeness (QED) is 0.533. The van der Waals surface area contributed by atoms with Crippen LogP contribution in [0, 0.1) is 23.4 Å². The monoisotopic (exact) mass is 402 g/mol. The van der Waals surface area contributed by atoms with Gasteiger partial charge in [-0.15, -0.1) is 0 Å². The number of anilines is 3. The molecule has 0 saturated carbocycles. The molecular weight excluding hydrogens is 381 g/mol. The lowest BCUT2D eigenvalue weighted by molar-refractivity contribution is 0.248. The molecular formula is C21H21F3N4O. The van der Waals surface area contributed by atoms with Crippen molar-refractivity contribution in [2.75, 3.05) is 17.2 Å². The van der Waals surface area contributed by atoms with Crippen molar-refractivity contribution in [2.45, 2.75) is 19.9 Å². The third-order valence-electron chi connectivity index (χ3n) is 4.37. The number of nitrogens with one attached hydrogen (secondary N) is 2. The maximum absolute atomic E-state index is 14.1. The average molecular weight is 402 g/mol. The minimum Gasteiger partial charge on any atom is -0.394 e. The van der Waals surface area contributed by atoms with Crippen molar-refractivity contribution in [3.63, 3.8) is 0 Å². The molecule has 2 aromatic carbocycles. The van der Waals surface area contributed by atoms with Gasteiger partial charge in [-0.2, -0.15) is 4.98 Å². The molecule has 0 radical (unpaired) electrons. The van der Waals surface area contributed by atoms with E-state index in [0.717, 1.165) is 5.56 Å². The first-order chi connectivity index (χ1) is 13.9. The van der Waals surface area contributed by atoms with Crippen LogP contribution in [0.1, 0.15) is 13.8 Å². The summed E-state index contributed by atoms with van der Waals surface area (Å²) in [6.45, 7) is 3.72. The van der Waals surface area contributed by atoms with Crippen molar-refractivity contribution in [3.05, 3.63) is 66.0 Å². The highest BCUT2D eigenvalue weighted by molar-refractivity contribution is 5.67. The summed E-state index contributed by atoms with van der Waals surface area (Å²) in [4.78, 5) is 8.71. The van der Waals surface area contributed by atoms with Crippen LogP contribution >= 0.6 is 0 Å². The fourth-order valence-corrected chi connectivity index (χ4v) is 2.71. The fourth-order valence-electron chi connectivity index (χ4n) is 2.71. The molecule has 1 atom stereocenters. The number of aliphatic hydroxyl groups is 1. The molecule has 0 aliphatic rings. The zero-order chi connectivity index (χ0) is 21.0. The molecule has 0 fully saturated rings. The topological polar surface area (TPSA) is 70.1 Å². The highest BCUT2D eigenvalue weighted by atomic mass is 19.1. The maximum atomic E-state index is 14.1. The van der Waals surface area contributed by atoms with E-state index in [4.69, 9.17) is 0 Å². The van der Waals surface area contributed by atoms with Gasteiger partial charge in [-0.25, -0.2) is 18.2 Å². The van der Waals surface area contributed by atoms with Gasteiger partial charge in [0.15, 0.2) is 11.6 Å². The average Bonchev–Trinajstić information content (AvgIpc) is 2.69. The van der Waals surface area contributed by atoms with Crippen LogP contribution < -0.4 is 10.6 Å². The van der Waals surface area contributed by atoms with Gasteiger partial charge in [0.05, 0.1) is 18.3 Å². The first-order valence-corrected chi connectivity index (χ1v) is 9.11. The number of halogens is 3. The number of benzene rings is 2. The molecule has 1 aromatic heterocycles. The molecule has 3 N–H and O–H groups in total. The van der Waals surface area contributed by atoms with Crippen LogP contribution in [0.15, 0.2) is 48.5 Å². The smallest absolute Gasteiger partial charge is 0.225 e. The van der Waals surface area contributed by atoms with Gasteiger partial charge in [0.2, 0.25) is 5.95 Å². The van der Waals surface area contributed by atoms with E-state index in [0.29, 0.717) is 17.8 Å². The molecule has 0 aliphatic heterocycles. The van der Waals surface area contributed by atoms with Crippen LogP contribution in [0.5, 0.6) is 0 Å². The molecule has 152 valence electrons. The first-order valence-electron chi connectivity index (χ1n) is 9.11. The Morgan fingerprint density at radius 1 is 0.966 bits per heavy atom. The fraction of sp³-hybridized carbons (Fsp3) is 0.238. The molecule has 3 rings (SSSR count). The molecule has 1 heterocycles. The number of hydrogen-bond donors (Lipinski definition) is 3. The SMILES string of the molecule is CC(C)[C@H](CO)Nc1nc(Nc2c(F)cc(F)cc2F)cc(-c2ccccc2)n1. The molecule has 8 heteroatoms. The molecule has 0 spiro atoms. The lowest BCUT2D eigenvalue weighted by atomic mass is 10.1. The van der Waals surface area contributed by atoms with Crippen molar-refractivity contribution in [3.8, 4) is 11.3 Å². The minimum atomic E-state index is -1.08.